The lowest BCUT2D eigenvalue weighted by Crippen LogP contribution is -2.32. The molecule has 0 bridgehead atoms. The number of Topliss-reactive ketones (excluding diaryl/α,β-unsaturated/α-hetero) is 1. The van der Waals surface area contributed by atoms with E-state index in [1.54, 1.807) is 24.3 Å². The van der Waals surface area contributed by atoms with Crippen LogP contribution in [0.3, 0.4) is 0 Å². The Hall–Kier alpha value is -3.94. The summed E-state index contributed by atoms with van der Waals surface area (Å²) in [7, 11) is 0. The van der Waals surface area contributed by atoms with Crippen LogP contribution in [0.2, 0.25) is 0 Å². The highest BCUT2D eigenvalue weighted by Crippen LogP contribution is 2.16. The first-order valence-corrected chi connectivity index (χ1v) is 8.81. The average Bonchev–Trinajstić information content (AvgIpc) is 3.17. The number of para-hydroxylation sites is 1. The van der Waals surface area contributed by atoms with Crippen molar-refractivity contribution in [2.24, 2.45) is 0 Å². The van der Waals surface area contributed by atoms with Gasteiger partial charge in [-0.1, -0.05) is 17.3 Å². The summed E-state index contributed by atoms with van der Waals surface area (Å²) in [5, 5.41) is 8.11. The lowest BCUT2D eigenvalue weighted by molar-refractivity contribution is 0.0244. The molecule has 0 unspecified atom stereocenters. The van der Waals surface area contributed by atoms with Crippen molar-refractivity contribution in [1.29, 1.82) is 0 Å². The minimum atomic E-state index is -1.18. The van der Waals surface area contributed by atoms with Gasteiger partial charge in [0.25, 0.3) is 0 Å². The highest BCUT2D eigenvalue weighted by molar-refractivity contribution is 6.01. The van der Waals surface area contributed by atoms with Gasteiger partial charge >= 0.3 is 5.97 Å². The van der Waals surface area contributed by atoms with Crippen molar-refractivity contribution in [2.45, 2.75) is 12.6 Å². The SMILES string of the molecule is O=C(O[C@H](Cn1nnc2ccccc21)C(=O)c1ccc(F)cc1)c1cccnc1. The molecule has 0 aliphatic heterocycles. The molecule has 0 aliphatic rings. The number of hydrogen-bond donors (Lipinski definition) is 0. The number of fused-ring (bicyclic) bond motifs is 1. The van der Waals surface area contributed by atoms with Crippen molar-refractivity contribution in [3.8, 4) is 0 Å². The molecule has 0 N–H and O–H groups in total. The van der Waals surface area contributed by atoms with Gasteiger partial charge in [0.05, 0.1) is 17.6 Å². The highest BCUT2D eigenvalue weighted by Gasteiger charge is 2.27. The average molecular weight is 390 g/mol. The second-order valence-corrected chi connectivity index (χ2v) is 6.27. The van der Waals surface area contributed by atoms with Gasteiger partial charge in [0.1, 0.15) is 11.3 Å². The molecule has 0 spiro atoms. The Labute approximate surface area is 164 Å². The van der Waals surface area contributed by atoms with Gasteiger partial charge in [-0.05, 0) is 48.5 Å². The summed E-state index contributed by atoms with van der Waals surface area (Å²) in [4.78, 5) is 29.4. The van der Waals surface area contributed by atoms with Crippen LogP contribution in [0.25, 0.3) is 11.0 Å². The molecule has 1 atom stereocenters. The van der Waals surface area contributed by atoms with Crippen molar-refractivity contribution in [1.82, 2.24) is 20.0 Å². The summed E-state index contributed by atoms with van der Waals surface area (Å²) in [5.74, 6) is -1.63. The van der Waals surface area contributed by atoms with Gasteiger partial charge in [-0.25, -0.2) is 13.9 Å². The van der Waals surface area contributed by atoms with Gasteiger partial charge in [-0.2, -0.15) is 0 Å². The van der Waals surface area contributed by atoms with Crippen LogP contribution in [0, 0.1) is 5.82 Å². The number of halogens is 1. The van der Waals surface area contributed by atoms with Gasteiger partial charge in [0.2, 0.25) is 5.78 Å². The van der Waals surface area contributed by atoms with Gasteiger partial charge < -0.3 is 4.74 Å². The Morgan fingerprint density at radius 3 is 2.55 bits per heavy atom. The molecule has 2 aromatic heterocycles. The predicted octanol–water partition coefficient (Wildman–Crippen LogP) is 3.07. The van der Waals surface area contributed by atoms with Crippen molar-refractivity contribution in [2.75, 3.05) is 0 Å². The van der Waals surface area contributed by atoms with Gasteiger partial charge in [-0.15, -0.1) is 5.10 Å². The smallest absolute Gasteiger partial charge is 0.340 e. The Bertz CT molecular complexity index is 1160. The quantitative estimate of drug-likeness (QED) is 0.371. The van der Waals surface area contributed by atoms with Crippen LogP contribution in [-0.2, 0) is 11.3 Å². The maximum atomic E-state index is 13.2. The van der Waals surface area contributed by atoms with Gasteiger partial charge in [0, 0.05) is 18.0 Å². The number of carbonyl (C=O) groups is 2. The molecule has 8 heteroatoms. The Balaban J connectivity index is 1.65. The number of ether oxygens (including phenoxy) is 1. The zero-order valence-corrected chi connectivity index (χ0v) is 15.1. The fraction of sp³-hybridized carbons (Fsp3) is 0.0952. The van der Waals surface area contributed by atoms with E-state index in [-0.39, 0.29) is 17.7 Å². The molecule has 0 saturated carbocycles. The molecule has 2 aromatic carbocycles. The standard InChI is InChI=1S/C21H15FN4O3/c22-16-9-7-14(8-10-16)20(27)19(29-21(28)15-4-3-11-23-12-15)13-26-18-6-2-1-5-17(18)24-25-26/h1-12,19H,13H2/t19-/m1/s1. The topological polar surface area (TPSA) is 87.0 Å². The Morgan fingerprint density at radius 2 is 1.79 bits per heavy atom. The van der Waals surface area contributed by atoms with Crippen LogP contribution in [0.15, 0.2) is 73.1 Å². The molecule has 0 radical (unpaired) electrons. The van der Waals surface area contributed by atoms with Crippen molar-refractivity contribution < 1.29 is 18.7 Å². The zero-order valence-electron chi connectivity index (χ0n) is 15.1. The number of rotatable bonds is 6. The summed E-state index contributed by atoms with van der Waals surface area (Å²) in [6, 6.07) is 15.4. The lowest BCUT2D eigenvalue weighted by Gasteiger charge is -2.17. The van der Waals surface area contributed by atoms with E-state index >= 15 is 0 Å². The van der Waals surface area contributed by atoms with E-state index in [1.165, 1.54) is 41.3 Å². The van der Waals surface area contributed by atoms with Crippen LogP contribution < -0.4 is 0 Å². The monoisotopic (exact) mass is 390 g/mol. The van der Waals surface area contributed by atoms with E-state index in [2.05, 4.69) is 15.3 Å². The largest absolute Gasteiger partial charge is 0.448 e. The first-order chi connectivity index (χ1) is 14.1. The number of pyridine rings is 1. The van der Waals surface area contributed by atoms with Crippen molar-refractivity contribution in [3.05, 3.63) is 90.0 Å². The first kappa shape index (κ1) is 18.4. The number of hydrogen-bond acceptors (Lipinski definition) is 6. The second-order valence-electron chi connectivity index (χ2n) is 6.27. The fourth-order valence-electron chi connectivity index (χ4n) is 2.86. The third-order valence-electron chi connectivity index (χ3n) is 4.33. The minimum absolute atomic E-state index is 0.0390. The number of aromatic nitrogens is 4. The zero-order chi connectivity index (χ0) is 20.2. The van der Waals surface area contributed by atoms with E-state index < -0.39 is 23.7 Å². The predicted molar refractivity (Wildman–Crippen MR) is 102 cm³/mol. The highest BCUT2D eigenvalue weighted by atomic mass is 19.1. The molecule has 0 amide bonds. The number of nitrogens with zero attached hydrogens (tertiary/aromatic N) is 4. The van der Waals surface area contributed by atoms with E-state index in [0.29, 0.717) is 11.0 Å². The first-order valence-electron chi connectivity index (χ1n) is 8.81. The van der Waals surface area contributed by atoms with Gasteiger partial charge in [0.15, 0.2) is 6.10 Å². The lowest BCUT2D eigenvalue weighted by atomic mass is 10.1. The van der Waals surface area contributed by atoms with Crippen LogP contribution in [0.1, 0.15) is 20.7 Å². The summed E-state index contributed by atoms with van der Waals surface area (Å²) in [5.41, 5.74) is 1.79. The molecule has 2 heterocycles. The van der Waals surface area contributed by atoms with Crippen molar-refractivity contribution >= 4 is 22.8 Å². The maximum Gasteiger partial charge on any atom is 0.340 e. The van der Waals surface area contributed by atoms with Crippen LogP contribution >= 0.6 is 0 Å². The minimum Gasteiger partial charge on any atom is -0.448 e. The Kier molecular flexibility index (Phi) is 5.07. The number of benzene rings is 2. The molecule has 0 aliphatic carbocycles. The molecule has 7 nitrogen and oxygen atoms in total. The van der Waals surface area contributed by atoms with E-state index in [9.17, 15) is 14.0 Å². The van der Waals surface area contributed by atoms with E-state index in [1.807, 2.05) is 12.1 Å². The molecule has 4 aromatic rings. The summed E-state index contributed by atoms with van der Waals surface area (Å²) in [6.45, 7) is -0.0390. The fourth-order valence-corrected chi connectivity index (χ4v) is 2.86. The molecule has 144 valence electrons. The normalized spacial score (nSPS) is 11.9. The second kappa shape index (κ2) is 7.97. The summed E-state index contributed by atoms with van der Waals surface area (Å²) >= 11 is 0. The number of carbonyl (C=O) groups excluding carboxylic acids is 2. The molecule has 29 heavy (non-hydrogen) atoms. The summed E-state index contributed by atoms with van der Waals surface area (Å²) < 4.78 is 20.2. The van der Waals surface area contributed by atoms with E-state index in [4.69, 9.17) is 4.74 Å². The molecular formula is C21H15FN4O3. The maximum absolute atomic E-state index is 13.2. The Morgan fingerprint density at radius 1 is 1.00 bits per heavy atom. The molecular weight excluding hydrogens is 375 g/mol. The van der Waals surface area contributed by atoms with Crippen molar-refractivity contribution in [3.63, 3.8) is 0 Å². The van der Waals surface area contributed by atoms with Crippen LogP contribution in [0.4, 0.5) is 4.39 Å². The third kappa shape index (κ3) is 4.01. The number of esters is 1. The summed E-state index contributed by atoms with van der Waals surface area (Å²) in [6.07, 6.45) is 1.70. The molecule has 4 rings (SSSR count). The van der Waals surface area contributed by atoms with E-state index in [0.717, 1.165) is 0 Å². The van der Waals surface area contributed by atoms with Crippen LogP contribution in [0.5, 0.6) is 0 Å². The molecule has 0 saturated heterocycles. The third-order valence-corrected chi connectivity index (χ3v) is 4.33. The number of ketones is 1. The van der Waals surface area contributed by atoms with Crippen LogP contribution in [-0.4, -0.2) is 37.8 Å². The molecule has 0 fully saturated rings. The van der Waals surface area contributed by atoms with Gasteiger partial charge in [-0.3, -0.25) is 9.78 Å².